The third-order valence-corrected chi connectivity index (χ3v) is 1.61. The summed E-state index contributed by atoms with van der Waals surface area (Å²) < 4.78 is 5.34. The summed E-state index contributed by atoms with van der Waals surface area (Å²) in [6, 6.07) is 1.15. The standard InChI is InChI=1S/C8H16N2O/c1-4-10-5-6-11-8(10)9-7(2)3/h7H,4-6H2,1-3H3. The van der Waals surface area contributed by atoms with Crippen LogP contribution in [0.4, 0.5) is 0 Å². The van der Waals surface area contributed by atoms with Crippen molar-refractivity contribution in [1.29, 1.82) is 0 Å². The largest absolute Gasteiger partial charge is 0.463 e. The maximum atomic E-state index is 5.34. The molecule has 0 saturated carbocycles. The Morgan fingerprint density at radius 3 is 2.91 bits per heavy atom. The second kappa shape index (κ2) is 3.60. The molecule has 1 aliphatic rings. The first-order valence-electron chi connectivity index (χ1n) is 4.19. The van der Waals surface area contributed by atoms with Gasteiger partial charge in [0, 0.05) is 12.6 Å². The van der Waals surface area contributed by atoms with Gasteiger partial charge in [-0.1, -0.05) is 0 Å². The number of ether oxygens (including phenoxy) is 1. The molecule has 0 N–H and O–H groups in total. The van der Waals surface area contributed by atoms with Gasteiger partial charge < -0.3 is 9.64 Å². The summed E-state index contributed by atoms with van der Waals surface area (Å²) in [6.07, 6.45) is 0. The number of rotatable bonds is 2. The number of hydrogen-bond acceptors (Lipinski definition) is 2. The molecule has 64 valence electrons. The maximum Gasteiger partial charge on any atom is 0.287 e. The summed E-state index contributed by atoms with van der Waals surface area (Å²) in [6.45, 7) is 9.00. The molecule has 0 aliphatic carbocycles. The highest BCUT2D eigenvalue weighted by Gasteiger charge is 2.17. The summed E-state index contributed by atoms with van der Waals surface area (Å²) in [5.74, 6) is 0. The summed E-state index contributed by atoms with van der Waals surface area (Å²) in [4.78, 5) is 6.50. The minimum Gasteiger partial charge on any atom is -0.463 e. The summed E-state index contributed by atoms with van der Waals surface area (Å²) in [7, 11) is 0. The van der Waals surface area contributed by atoms with E-state index in [2.05, 4.69) is 30.7 Å². The van der Waals surface area contributed by atoms with Crippen molar-refractivity contribution < 1.29 is 4.74 Å². The highest BCUT2D eigenvalue weighted by Crippen LogP contribution is 2.04. The number of amidine groups is 1. The minimum absolute atomic E-state index is 0.331. The molecule has 0 spiro atoms. The Morgan fingerprint density at radius 2 is 2.36 bits per heavy atom. The molecule has 0 aromatic rings. The van der Waals surface area contributed by atoms with Crippen LogP contribution in [-0.4, -0.2) is 36.7 Å². The van der Waals surface area contributed by atoms with Crippen molar-refractivity contribution in [3.63, 3.8) is 0 Å². The van der Waals surface area contributed by atoms with Gasteiger partial charge in [0.1, 0.15) is 6.61 Å². The van der Waals surface area contributed by atoms with Crippen molar-refractivity contribution in [2.75, 3.05) is 19.7 Å². The molecule has 0 aromatic carbocycles. The van der Waals surface area contributed by atoms with Crippen molar-refractivity contribution >= 4 is 6.02 Å². The van der Waals surface area contributed by atoms with E-state index in [1.807, 2.05) is 0 Å². The maximum absolute atomic E-state index is 5.34. The van der Waals surface area contributed by atoms with Crippen molar-refractivity contribution in [3.05, 3.63) is 0 Å². The van der Waals surface area contributed by atoms with Gasteiger partial charge in [-0.25, -0.2) is 4.99 Å². The van der Waals surface area contributed by atoms with E-state index in [-0.39, 0.29) is 0 Å². The van der Waals surface area contributed by atoms with E-state index in [1.54, 1.807) is 0 Å². The van der Waals surface area contributed by atoms with Gasteiger partial charge in [0.05, 0.1) is 6.54 Å². The van der Waals surface area contributed by atoms with E-state index in [4.69, 9.17) is 4.74 Å². The molecule has 0 bridgehead atoms. The second-order valence-corrected chi connectivity index (χ2v) is 2.93. The molecule has 1 fully saturated rings. The topological polar surface area (TPSA) is 24.8 Å². The number of nitrogens with zero attached hydrogens (tertiary/aromatic N) is 2. The fraction of sp³-hybridized carbons (Fsp3) is 0.875. The SMILES string of the molecule is CCN1CCOC1=NC(C)C. The molecule has 0 unspecified atom stereocenters. The molecule has 0 aromatic heterocycles. The van der Waals surface area contributed by atoms with Crippen molar-refractivity contribution in [2.24, 2.45) is 4.99 Å². The predicted molar refractivity (Wildman–Crippen MR) is 45.8 cm³/mol. The van der Waals surface area contributed by atoms with Gasteiger partial charge in [-0.15, -0.1) is 0 Å². The van der Waals surface area contributed by atoms with Crippen LogP contribution in [0.3, 0.4) is 0 Å². The zero-order valence-electron chi connectivity index (χ0n) is 7.50. The normalized spacial score (nSPS) is 21.5. The van der Waals surface area contributed by atoms with Crippen LogP contribution in [0.25, 0.3) is 0 Å². The first-order chi connectivity index (χ1) is 5.24. The highest BCUT2D eigenvalue weighted by molar-refractivity contribution is 5.75. The molecule has 0 atom stereocenters. The van der Waals surface area contributed by atoms with Gasteiger partial charge in [0.2, 0.25) is 0 Å². The van der Waals surface area contributed by atoms with Crippen LogP contribution >= 0.6 is 0 Å². The Labute approximate surface area is 68.1 Å². The van der Waals surface area contributed by atoms with Crippen LogP contribution in [0.2, 0.25) is 0 Å². The summed E-state index contributed by atoms with van der Waals surface area (Å²) in [5.41, 5.74) is 0. The van der Waals surface area contributed by atoms with Crippen molar-refractivity contribution in [3.8, 4) is 0 Å². The van der Waals surface area contributed by atoms with E-state index in [0.717, 1.165) is 25.7 Å². The van der Waals surface area contributed by atoms with Gasteiger partial charge >= 0.3 is 0 Å². The Kier molecular flexibility index (Phi) is 2.74. The lowest BCUT2D eigenvalue weighted by Gasteiger charge is -2.12. The smallest absolute Gasteiger partial charge is 0.287 e. The molecule has 3 nitrogen and oxygen atoms in total. The molecule has 1 rings (SSSR count). The second-order valence-electron chi connectivity index (χ2n) is 2.93. The third kappa shape index (κ3) is 2.10. The number of hydrogen-bond donors (Lipinski definition) is 0. The minimum atomic E-state index is 0.331. The first-order valence-corrected chi connectivity index (χ1v) is 4.19. The number of likely N-dealkylation sites (N-methyl/N-ethyl adjacent to an activating group) is 1. The fourth-order valence-corrected chi connectivity index (χ4v) is 1.07. The lowest BCUT2D eigenvalue weighted by atomic mass is 10.4. The molecule has 11 heavy (non-hydrogen) atoms. The Balaban J connectivity index is 2.55. The fourth-order valence-electron chi connectivity index (χ4n) is 1.07. The van der Waals surface area contributed by atoms with E-state index in [9.17, 15) is 0 Å². The van der Waals surface area contributed by atoms with Crippen LogP contribution in [0.5, 0.6) is 0 Å². The monoisotopic (exact) mass is 156 g/mol. The zero-order chi connectivity index (χ0) is 8.27. The molecular formula is C8H16N2O. The van der Waals surface area contributed by atoms with Gasteiger partial charge in [-0.3, -0.25) is 0 Å². The highest BCUT2D eigenvalue weighted by atomic mass is 16.5. The van der Waals surface area contributed by atoms with Gasteiger partial charge in [0.25, 0.3) is 6.02 Å². The Morgan fingerprint density at radius 1 is 1.64 bits per heavy atom. The number of aliphatic imine (C=N–C) groups is 1. The van der Waals surface area contributed by atoms with Crippen LogP contribution in [0, 0.1) is 0 Å². The van der Waals surface area contributed by atoms with Crippen LogP contribution < -0.4 is 0 Å². The van der Waals surface area contributed by atoms with Crippen molar-refractivity contribution in [2.45, 2.75) is 26.8 Å². The predicted octanol–water partition coefficient (Wildman–Crippen LogP) is 1.10. The van der Waals surface area contributed by atoms with E-state index < -0.39 is 0 Å². The molecular weight excluding hydrogens is 140 g/mol. The van der Waals surface area contributed by atoms with E-state index in [1.165, 1.54) is 0 Å². The third-order valence-electron chi connectivity index (χ3n) is 1.61. The van der Waals surface area contributed by atoms with Crippen LogP contribution in [0.1, 0.15) is 20.8 Å². The Hall–Kier alpha value is -0.730. The van der Waals surface area contributed by atoms with Gasteiger partial charge in [-0.2, -0.15) is 0 Å². The Bertz CT molecular complexity index is 154. The van der Waals surface area contributed by atoms with E-state index in [0.29, 0.717) is 6.04 Å². The molecule has 1 saturated heterocycles. The average Bonchev–Trinajstić information content (AvgIpc) is 2.34. The molecule has 3 heteroatoms. The zero-order valence-corrected chi connectivity index (χ0v) is 7.50. The van der Waals surface area contributed by atoms with Crippen LogP contribution in [-0.2, 0) is 4.74 Å². The summed E-state index contributed by atoms with van der Waals surface area (Å²) >= 11 is 0. The lowest BCUT2D eigenvalue weighted by molar-refractivity contribution is 0.348. The molecule has 0 amide bonds. The van der Waals surface area contributed by atoms with Gasteiger partial charge in [-0.05, 0) is 20.8 Å². The molecule has 0 radical (unpaired) electrons. The van der Waals surface area contributed by atoms with Crippen LogP contribution in [0.15, 0.2) is 4.99 Å². The summed E-state index contributed by atoms with van der Waals surface area (Å²) in [5, 5.41) is 0. The van der Waals surface area contributed by atoms with E-state index >= 15 is 0 Å². The molecule has 1 heterocycles. The molecule has 1 aliphatic heterocycles. The average molecular weight is 156 g/mol. The quantitative estimate of drug-likeness (QED) is 0.598. The van der Waals surface area contributed by atoms with Crippen molar-refractivity contribution in [1.82, 2.24) is 4.90 Å². The first kappa shape index (κ1) is 8.37. The lowest BCUT2D eigenvalue weighted by Crippen LogP contribution is -2.25. The van der Waals surface area contributed by atoms with Gasteiger partial charge in [0.15, 0.2) is 0 Å².